The highest BCUT2D eigenvalue weighted by Gasteiger charge is 2.55. The summed E-state index contributed by atoms with van der Waals surface area (Å²) in [5.74, 6) is 0.844. The highest BCUT2D eigenvalue weighted by Crippen LogP contribution is 2.58. The number of aromatic amines is 1. The molecule has 1 amide bonds. The van der Waals surface area contributed by atoms with Gasteiger partial charge in [0.2, 0.25) is 0 Å². The van der Waals surface area contributed by atoms with Gasteiger partial charge < -0.3 is 9.72 Å². The molecule has 1 atom stereocenters. The van der Waals surface area contributed by atoms with E-state index in [1.807, 2.05) is 37.9 Å². The van der Waals surface area contributed by atoms with Crippen LogP contribution in [-0.4, -0.2) is 33.1 Å². The van der Waals surface area contributed by atoms with Crippen LogP contribution in [0.25, 0.3) is 22.4 Å². The molecule has 31 heavy (non-hydrogen) atoms. The maximum Gasteiger partial charge on any atom is 0.410 e. The lowest BCUT2D eigenvalue weighted by molar-refractivity contribution is 0.0212. The van der Waals surface area contributed by atoms with Crippen LogP contribution in [0.2, 0.25) is 0 Å². The summed E-state index contributed by atoms with van der Waals surface area (Å²) in [5, 5.41) is 0. The van der Waals surface area contributed by atoms with Gasteiger partial charge in [0.1, 0.15) is 11.4 Å². The Balaban J connectivity index is 1.37. The lowest BCUT2D eigenvalue weighted by Gasteiger charge is -2.27. The number of nitrogens with one attached hydrogen (secondary N) is 1. The number of ether oxygens (including phenoxy) is 1. The number of nitrogens with zero attached hydrogens (tertiary/aromatic N) is 2. The number of imidazole rings is 1. The molecule has 1 spiro atoms. The molecule has 2 fully saturated rings. The summed E-state index contributed by atoms with van der Waals surface area (Å²) in [6.45, 7) is 6.49. The van der Waals surface area contributed by atoms with Gasteiger partial charge in [0.15, 0.2) is 0 Å². The molecular formula is C26H29N3O2. The topological polar surface area (TPSA) is 58.2 Å². The Kier molecular flexibility index (Phi) is 4.65. The molecule has 1 saturated heterocycles. The van der Waals surface area contributed by atoms with Crippen LogP contribution in [0.4, 0.5) is 4.79 Å². The third kappa shape index (κ3) is 4.09. The van der Waals surface area contributed by atoms with Crippen molar-refractivity contribution >= 4 is 6.09 Å². The number of rotatable bonds is 3. The molecule has 5 nitrogen and oxygen atoms in total. The molecule has 1 N–H and O–H groups in total. The summed E-state index contributed by atoms with van der Waals surface area (Å²) in [5.41, 5.74) is 4.19. The quantitative estimate of drug-likeness (QED) is 0.553. The molecule has 3 aromatic rings. The van der Waals surface area contributed by atoms with Gasteiger partial charge in [-0.1, -0.05) is 54.6 Å². The molecule has 2 aromatic carbocycles. The molecule has 2 aliphatic rings. The van der Waals surface area contributed by atoms with E-state index in [0.717, 1.165) is 30.0 Å². The smallest absolute Gasteiger partial charge is 0.410 e. The lowest BCUT2D eigenvalue weighted by Crippen LogP contribution is -2.37. The van der Waals surface area contributed by atoms with Crippen molar-refractivity contribution in [3.05, 3.63) is 66.6 Å². The number of carbonyl (C=O) groups is 1. The first-order chi connectivity index (χ1) is 14.8. The first-order valence-corrected chi connectivity index (χ1v) is 11.0. The van der Waals surface area contributed by atoms with Crippen molar-refractivity contribution < 1.29 is 9.53 Å². The summed E-state index contributed by atoms with van der Waals surface area (Å²) < 4.78 is 5.69. The molecule has 1 saturated carbocycles. The van der Waals surface area contributed by atoms with E-state index >= 15 is 0 Å². The number of likely N-dealkylation sites (tertiary alicyclic amines) is 1. The van der Waals surface area contributed by atoms with Gasteiger partial charge in [0.05, 0.1) is 17.9 Å². The van der Waals surface area contributed by atoms with E-state index < -0.39 is 5.60 Å². The van der Waals surface area contributed by atoms with Crippen molar-refractivity contribution in [3.8, 4) is 22.4 Å². The van der Waals surface area contributed by atoms with E-state index in [-0.39, 0.29) is 17.6 Å². The second-order valence-electron chi connectivity index (χ2n) is 9.95. The van der Waals surface area contributed by atoms with Crippen molar-refractivity contribution in [1.29, 1.82) is 0 Å². The maximum atomic E-state index is 12.9. The molecule has 0 radical (unpaired) electrons. The van der Waals surface area contributed by atoms with Crippen LogP contribution in [0.1, 0.15) is 51.9 Å². The largest absolute Gasteiger partial charge is 0.444 e. The van der Waals surface area contributed by atoms with Crippen LogP contribution in [0.3, 0.4) is 0 Å². The zero-order valence-electron chi connectivity index (χ0n) is 18.4. The number of aromatic nitrogens is 2. The lowest BCUT2D eigenvalue weighted by atomic mass is 10.0. The first-order valence-electron chi connectivity index (χ1n) is 11.0. The number of benzene rings is 2. The van der Waals surface area contributed by atoms with E-state index in [0.29, 0.717) is 0 Å². The summed E-state index contributed by atoms with van der Waals surface area (Å²) in [6, 6.07) is 18.8. The van der Waals surface area contributed by atoms with Crippen molar-refractivity contribution in [2.45, 2.75) is 51.7 Å². The molecule has 5 rings (SSSR count). The van der Waals surface area contributed by atoms with Crippen LogP contribution >= 0.6 is 0 Å². The van der Waals surface area contributed by atoms with Crippen molar-refractivity contribution in [1.82, 2.24) is 14.9 Å². The van der Waals surface area contributed by atoms with Crippen LogP contribution in [0.5, 0.6) is 0 Å². The summed E-state index contributed by atoms with van der Waals surface area (Å²) in [7, 11) is 0. The van der Waals surface area contributed by atoms with Crippen molar-refractivity contribution in [3.63, 3.8) is 0 Å². The number of hydrogen-bond donors (Lipinski definition) is 1. The SMILES string of the molecule is CC(C)(C)OC(=O)N1CC2(CC2)CC1c1ncc(-c2ccc(-c3ccccc3)cc2)[nH]1. The van der Waals surface area contributed by atoms with E-state index in [9.17, 15) is 4.79 Å². The molecule has 0 bridgehead atoms. The number of carbonyl (C=O) groups excluding carboxylic acids is 1. The third-order valence-corrected chi connectivity index (χ3v) is 6.31. The van der Waals surface area contributed by atoms with Gasteiger partial charge >= 0.3 is 6.09 Å². The minimum atomic E-state index is -0.504. The van der Waals surface area contributed by atoms with Crippen molar-refractivity contribution in [2.24, 2.45) is 5.41 Å². The zero-order valence-corrected chi connectivity index (χ0v) is 18.4. The van der Waals surface area contributed by atoms with Crippen LogP contribution < -0.4 is 0 Å². The summed E-state index contributed by atoms with van der Waals surface area (Å²) >= 11 is 0. The maximum absolute atomic E-state index is 12.9. The summed E-state index contributed by atoms with van der Waals surface area (Å²) in [4.78, 5) is 22.9. The van der Waals surface area contributed by atoms with Gasteiger partial charge in [-0.15, -0.1) is 0 Å². The molecule has 1 aromatic heterocycles. The molecule has 5 heteroatoms. The average Bonchev–Trinajstić information content (AvgIpc) is 3.15. The Morgan fingerprint density at radius 1 is 1.03 bits per heavy atom. The highest BCUT2D eigenvalue weighted by atomic mass is 16.6. The van der Waals surface area contributed by atoms with E-state index in [1.54, 1.807) is 0 Å². The van der Waals surface area contributed by atoms with Gasteiger partial charge in [-0.3, -0.25) is 4.90 Å². The first kappa shape index (κ1) is 19.9. The van der Waals surface area contributed by atoms with Gasteiger partial charge in [0.25, 0.3) is 0 Å². The average molecular weight is 416 g/mol. The van der Waals surface area contributed by atoms with E-state index in [2.05, 4.69) is 58.5 Å². The predicted octanol–water partition coefficient (Wildman–Crippen LogP) is 6.21. The normalized spacial score (nSPS) is 19.6. The minimum Gasteiger partial charge on any atom is -0.444 e. The van der Waals surface area contributed by atoms with Crippen LogP contribution in [-0.2, 0) is 4.74 Å². The Morgan fingerprint density at radius 3 is 2.32 bits per heavy atom. The highest BCUT2D eigenvalue weighted by molar-refractivity contribution is 5.70. The van der Waals surface area contributed by atoms with Crippen LogP contribution in [0.15, 0.2) is 60.8 Å². The Morgan fingerprint density at radius 2 is 1.68 bits per heavy atom. The van der Waals surface area contributed by atoms with Gasteiger partial charge in [0, 0.05) is 6.54 Å². The fourth-order valence-corrected chi connectivity index (χ4v) is 4.48. The summed E-state index contributed by atoms with van der Waals surface area (Å²) in [6.07, 6.45) is 4.94. The zero-order chi connectivity index (χ0) is 21.6. The minimum absolute atomic E-state index is 0.0605. The second-order valence-corrected chi connectivity index (χ2v) is 9.95. The van der Waals surface area contributed by atoms with Crippen LogP contribution in [0, 0.1) is 5.41 Å². The molecule has 160 valence electrons. The molecule has 1 unspecified atom stereocenters. The van der Waals surface area contributed by atoms with Gasteiger partial charge in [-0.05, 0) is 62.1 Å². The molecule has 1 aliphatic carbocycles. The molecule has 1 aliphatic heterocycles. The fourth-order valence-electron chi connectivity index (χ4n) is 4.48. The number of H-pyrrole nitrogens is 1. The van der Waals surface area contributed by atoms with E-state index in [4.69, 9.17) is 4.74 Å². The van der Waals surface area contributed by atoms with Gasteiger partial charge in [-0.2, -0.15) is 0 Å². The third-order valence-electron chi connectivity index (χ3n) is 6.31. The fraction of sp³-hybridized carbons (Fsp3) is 0.385. The Hall–Kier alpha value is -3.08. The molecular weight excluding hydrogens is 386 g/mol. The predicted molar refractivity (Wildman–Crippen MR) is 121 cm³/mol. The Bertz CT molecular complexity index is 1080. The van der Waals surface area contributed by atoms with Gasteiger partial charge in [-0.25, -0.2) is 9.78 Å². The van der Waals surface area contributed by atoms with Crippen molar-refractivity contribution in [2.75, 3.05) is 6.54 Å². The molecule has 2 heterocycles. The number of hydrogen-bond acceptors (Lipinski definition) is 3. The standard InChI is InChI=1S/C26H29N3O2/c1-25(2,3)31-24(30)29-17-26(13-14-26)15-22(29)23-27-16-21(28-23)20-11-9-19(10-12-20)18-7-5-4-6-8-18/h4-12,16,22H,13-15,17H2,1-3H3,(H,27,28). The Labute approximate surface area is 183 Å². The van der Waals surface area contributed by atoms with E-state index in [1.165, 1.54) is 24.0 Å². The monoisotopic (exact) mass is 415 g/mol. The second kappa shape index (κ2) is 7.26. The number of amides is 1.